The quantitative estimate of drug-likeness (QED) is 0.00971. The fraction of sp³-hybridized carbons (Fsp3) is 0.176. The van der Waals surface area contributed by atoms with E-state index in [0.29, 0.717) is 28.2 Å². The lowest BCUT2D eigenvalue weighted by molar-refractivity contribution is 0.0686. The summed E-state index contributed by atoms with van der Waals surface area (Å²) >= 11 is 0. The van der Waals surface area contributed by atoms with Crippen molar-refractivity contribution in [3.8, 4) is 23.0 Å². The van der Waals surface area contributed by atoms with Crippen LogP contribution >= 0.6 is 0 Å². The van der Waals surface area contributed by atoms with Gasteiger partial charge >= 0.3 is 11.9 Å². The van der Waals surface area contributed by atoms with E-state index >= 15 is 0 Å². The number of carboxylic acids is 2. The highest BCUT2D eigenvalue weighted by atomic mass is 32.2. The number of benzene rings is 8. The Labute approximate surface area is 626 Å². The summed E-state index contributed by atoms with van der Waals surface area (Å²) in [5.74, 6) is -6.01. The van der Waals surface area contributed by atoms with Gasteiger partial charge in [0.25, 0.3) is 40.5 Å². The molecule has 0 amide bonds. The number of ether oxygens (including phenoxy) is 4. The lowest BCUT2D eigenvalue weighted by Gasteiger charge is -2.16. The van der Waals surface area contributed by atoms with Crippen molar-refractivity contribution in [1.82, 2.24) is 29.9 Å². The molecule has 8 aromatic carbocycles. The van der Waals surface area contributed by atoms with Crippen LogP contribution in [0.3, 0.4) is 0 Å². The Hall–Kier alpha value is -12.8. The largest absolute Gasteiger partial charge is 0.492 e. The van der Waals surface area contributed by atoms with E-state index < -0.39 is 102 Å². The molecule has 0 unspecified atom stereocenters. The standard InChI is InChI=1S/C68H64N18O20S4/c87-63(88)45-9-7-15-49(35-45)81-85-52-20-18-44(58(40-52)104-28-32-108(94,95)96)38-62-73-61(37-43-17-19-51(83-79-47-11-3-1-4-12-47)39-57(43)103-27-31-107(91,92)93)74-65(75-62)69-25-26-70-66-76-67(71-55-23-21-53(84-80-48-13-5-2-6-14-48)41-59(55)105-29-33-109(97,98)99)78-68(77-66)72-56-24-22-54(42-60(56)106-30-34-110(100,101)102)86-82-50-16-8-10-46(36-50)64(89)90/h1-24,35-36,39-42H,25-34,37-38H2,(H,87,88)(H,89,90)(H,91,92,93)(H,94,95,96)(H,97,98,99)(H,100,101,102)(H,69,73,74,75)(H3,70,71,72,76,77,78). The second-order valence-corrected chi connectivity index (χ2v) is 29.2. The minimum Gasteiger partial charge on any atom is -0.492 e. The summed E-state index contributed by atoms with van der Waals surface area (Å²) in [5, 5.41) is 65.3. The van der Waals surface area contributed by atoms with Gasteiger partial charge in [0, 0.05) is 61.3 Å². The fourth-order valence-electron chi connectivity index (χ4n) is 9.45. The van der Waals surface area contributed by atoms with Gasteiger partial charge in [-0.25, -0.2) is 14.6 Å². The van der Waals surface area contributed by atoms with Crippen molar-refractivity contribution in [3.63, 3.8) is 0 Å². The number of azo groups is 4. The zero-order valence-electron chi connectivity index (χ0n) is 57.1. The summed E-state index contributed by atoms with van der Waals surface area (Å²) in [6.07, 6.45) is -0.293. The molecule has 2 aromatic heterocycles. The Kier molecular flexibility index (Phi) is 26.9. The van der Waals surface area contributed by atoms with Crippen LogP contribution in [0.4, 0.5) is 80.7 Å². The smallest absolute Gasteiger partial charge is 0.335 e. The molecule has 0 atom stereocenters. The van der Waals surface area contributed by atoms with E-state index in [2.05, 4.69) is 77.1 Å². The second kappa shape index (κ2) is 37.1. The zero-order chi connectivity index (χ0) is 78.3. The van der Waals surface area contributed by atoms with Gasteiger partial charge in [0.2, 0.25) is 23.8 Å². The minimum atomic E-state index is -4.55. The third-order valence-corrected chi connectivity index (χ3v) is 17.2. The Morgan fingerprint density at radius 3 is 0.982 bits per heavy atom. The van der Waals surface area contributed by atoms with E-state index in [0.717, 1.165) is 0 Å². The van der Waals surface area contributed by atoms with Crippen LogP contribution in [0.15, 0.2) is 223 Å². The van der Waals surface area contributed by atoms with Gasteiger partial charge in [0.05, 0.1) is 68.0 Å². The topological polar surface area (TPSA) is 553 Å². The highest BCUT2D eigenvalue weighted by molar-refractivity contribution is 7.86. The van der Waals surface area contributed by atoms with Gasteiger partial charge in [-0.05, 0) is 97.1 Å². The molecule has 38 nitrogen and oxygen atoms in total. The van der Waals surface area contributed by atoms with Crippen LogP contribution in [-0.2, 0) is 53.3 Å². The molecule has 0 fully saturated rings. The molecule has 10 aromatic rings. The molecule has 0 radical (unpaired) electrons. The van der Waals surface area contributed by atoms with Crippen LogP contribution in [0.1, 0.15) is 43.5 Å². The Balaban J connectivity index is 0.997. The minimum absolute atomic E-state index is 0.0118. The number of carboxylic acid groups (broad SMARTS) is 2. The molecule has 0 saturated carbocycles. The van der Waals surface area contributed by atoms with Crippen molar-refractivity contribution >= 4 is 133 Å². The third kappa shape index (κ3) is 26.6. The normalized spacial score (nSPS) is 12.0. The maximum atomic E-state index is 11.9. The van der Waals surface area contributed by atoms with E-state index in [1.807, 2.05) is 0 Å². The molecule has 10 rings (SSSR count). The molecule has 0 saturated heterocycles. The van der Waals surface area contributed by atoms with E-state index in [4.69, 9.17) is 33.9 Å². The summed E-state index contributed by atoms with van der Waals surface area (Å²) in [4.78, 5) is 51.4. The number of aromatic carboxylic acids is 2. The van der Waals surface area contributed by atoms with Crippen LogP contribution in [0.5, 0.6) is 23.0 Å². The van der Waals surface area contributed by atoms with Crippen molar-refractivity contribution in [2.75, 3.05) is 83.8 Å². The average Bonchev–Trinajstić information content (AvgIpc) is 0.822. The molecule has 0 bridgehead atoms. The number of aromatic nitrogens is 6. The predicted octanol–water partition coefficient (Wildman–Crippen LogP) is 12.4. The average molecular weight is 1580 g/mol. The van der Waals surface area contributed by atoms with Crippen LogP contribution in [0, 0.1) is 0 Å². The molecule has 0 spiro atoms. The first kappa shape index (κ1) is 79.7. The lowest BCUT2D eigenvalue weighted by Crippen LogP contribution is -2.19. The zero-order valence-corrected chi connectivity index (χ0v) is 60.4. The van der Waals surface area contributed by atoms with Crippen molar-refractivity contribution in [2.45, 2.75) is 12.8 Å². The molecule has 0 aliphatic heterocycles. The van der Waals surface area contributed by atoms with Crippen molar-refractivity contribution < 1.29 is 90.6 Å². The summed E-state index contributed by atoms with van der Waals surface area (Å²) in [6, 6.07) is 46.8. The highest BCUT2D eigenvalue weighted by Crippen LogP contribution is 2.37. The number of nitrogens with zero attached hydrogens (tertiary/aromatic N) is 14. The van der Waals surface area contributed by atoms with Gasteiger partial charge in [-0.3, -0.25) is 18.2 Å². The van der Waals surface area contributed by atoms with Gasteiger partial charge in [-0.1, -0.05) is 60.7 Å². The second-order valence-electron chi connectivity index (χ2n) is 22.9. The van der Waals surface area contributed by atoms with Crippen LogP contribution < -0.4 is 40.2 Å². The Bertz CT molecular complexity index is 5240. The van der Waals surface area contributed by atoms with E-state index in [9.17, 15) is 71.7 Å². The number of carbonyl (C=O) groups is 2. The monoisotopic (exact) mass is 1580 g/mol. The summed E-state index contributed by atoms with van der Waals surface area (Å²) in [5.41, 5.74) is 3.09. The fourth-order valence-corrected chi connectivity index (χ4v) is 10.6. The molecule has 0 aliphatic carbocycles. The first-order chi connectivity index (χ1) is 52.5. The molecular weight excluding hydrogens is 1520 g/mol. The Morgan fingerprint density at radius 1 is 0.327 bits per heavy atom. The van der Waals surface area contributed by atoms with Crippen molar-refractivity contribution in [3.05, 3.63) is 216 Å². The molecule has 110 heavy (non-hydrogen) atoms. The summed E-state index contributed by atoms with van der Waals surface area (Å²) in [6.45, 7) is -2.26. The molecular formula is C68H64N18O20S4. The summed E-state index contributed by atoms with van der Waals surface area (Å²) in [7, 11) is -18.1. The number of anilines is 6. The van der Waals surface area contributed by atoms with Gasteiger partial charge in [0.15, 0.2) is 0 Å². The number of nitrogens with one attached hydrogen (secondary N) is 4. The van der Waals surface area contributed by atoms with Gasteiger partial charge in [0.1, 0.15) is 84.1 Å². The van der Waals surface area contributed by atoms with Crippen molar-refractivity contribution in [2.24, 2.45) is 40.9 Å². The van der Waals surface area contributed by atoms with Crippen LogP contribution in [0.2, 0.25) is 0 Å². The van der Waals surface area contributed by atoms with Gasteiger partial charge in [-0.15, -0.1) is 0 Å². The highest BCUT2D eigenvalue weighted by Gasteiger charge is 2.20. The maximum Gasteiger partial charge on any atom is 0.335 e. The number of hydrogen-bond donors (Lipinski definition) is 10. The van der Waals surface area contributed by atoms with Gasteiger partial charge in [-0.2, -0.15) is 99.5 Å². The van der Waals surface area contributed by atoms with E-state index in [-0.39, 0.29) is 135 Å². The first-order valence-electron chi connectivity index (χ1n) is 32.4. The molecule has 2 heterocycles. The van der Waals surface area contributed by atoms with E-state index in [1.165, 1.54) is 97.1 Å². The number of hydrogen-bond acceptors (Lipinski definition) is 32. The Morgan fingerprint density at radius 2 is 0.627 bits per heavy atom. The van der Waals surface area contributed by atoms with Crippen LogP contribution in [0.25, 0.3) is 0 Å². The molecule has 10 N–H and O–H groups in total. The first-order valence-corrected chi connectivity index (χ1v) is 38.8. The predicted molar refractivity (Wildman–Crippen MR) is 399 cm³/mol. The summed E-state index contributed by atoms with van der Waals surface area (Å²) < 4.78 is 157. The maximum absolute atomic E-state index is 11.9. The van der Waals surface area contributed by atoms with Crippen molar-refractivity contribution in [1.29, 1.82) is 0 Å². The van der Waals surface area contributed by atoms with E-state index in [1.54, 1.807) is 84.9 Å². The lowest BCUT2D eigenvalue weighted by atomic mass is 10.1. The third-order valence-electron chi connectivity index (χ3n) is 14.5. The van der Waals surface area contributed by atoms with Gasteiger partial charge < -0.3 is 50.4 Å². The molecule has 42 heteroatoms. The SMILES string of the molecule is O=C(O)c1cccc(N=Nc2ccc(Cc3nc(Cc4ccc(N=Nc5ccccc5)cc4OCCS(=O)(=O)O)nc(NCCNc4nc(Nc5ccc(N=Nc6ccccc6)cc5OCCS(=O)(=O)O)nc(Nc5ccc(N=Nc6cccc(C(=O)O)c6)cc5OCCS(=O)(=O)O)n4)n3)c(OCCS(=O)(=O)O)c2)c1. The molecule has 570 valence electrons. The molecule has 0 aliphatic rings. The van der Waals surface area contributed by atoms with Crippen LogP contribution in [-0.4, -0.2) is 166 Å². The number of rotatable bonds is 39.